The van der Waals surface area contributed by atoms with E-state index in [-0.39, 0.29) is 24.0 Å². The highest BCUT2D eigenvalue weighted by Crippen LogP contribution is 2.22. The van der Waals surface area contributed by atoms with Crippen LogP contribution in [0.4, 0.5) is 11.4 Å². The number of amides is 2. The summed E-state index contributed by atoms with van der Waals surface area (Å²) in [5, 5.41) is 9.92. The molecule has 0 saturated heterocycles. The van der Waals surface area contributed by atoms with Gasteiger partial charge >= 0.3 is 5.69 Å². The first kappa shape index (κ1) is 19.6. The predicted octanol–water partition coefficient (Wildman–Crippen LogP) is 2.66. The summed E-state index contributed by atoms with van der Waals surface area (Å²) in [5.41, 5.74) is 1.20. The van der Waals surface area contributed by atoms with E-state index in [1.165, 1.54) is 4.68 Å². The standard InChI is InChI=1S/C22H23N5O3/c28-20(15-27-22(30)26-14-8-2-5-13-19(26)25-27)23-17-11-6-7-12-18(17)24-21(29)16-9-3-1-4-10-16/h1,3-4,6-7,9-12H,2,5,8,13-15H2,(H,23,28)(H,24,29). The second-order valence-electron chi connectivity index (χ2n) is 7.23. The third kappa shape index (κ3) is 4.32. The lowest BCUT2D eigenvalue weighted by molar-refractivity contribution is -0.117. The maximum atomic E-state index is 12.6. The summed E-state index contributed by atoms with van der Waals surface area (Å²) in [6.07, 6.45) is 3.77. The predicted molar refractivity (Wildman–Crippen MR) is 114 cm³/mol. The molecule has 0 unspecified atom stereocenters. The molecule has 0 spiro atoms. The van der Waals surface area contributed by atoms with Crippen molar-refractivity contribution in [3.63, 3.8) is 0 Å². The molecule has 3 aromatic rings. The van der Waals surface area contributed by atoms with Crippen molar-refractivity contribution in [1.82, 2.24) is 14.3 Å². The van der Waals surface area contributed by atoms with E-state index in [0.717, 1.165) is 31.5 Å². The number of aromatic nitrogens is 3. The molecular weight excluding hydrogens is 382 g/mol. The summed E-state index contributed by atoms with van der Waals surface area (Å²) in [7, 11) is 0. The zero-order valence-electron chi connectivity index (χ0n) is 16.5. The SMILES string of the molecule is O=C(Cn1nc2n(c1=O)CCCCC2)Nc1ccccc1NC(=O)c1ccccc1. The third-order valence-corrected chi connectivity index (χ3v) is 5.06. The molecule has 0 atom stereocenters. The Balaban J connectivity index is 1.47. The van der Waals surface area contributed by atoms with Crippen LogP contribution in [-0.2, 0) is 24.3 Å². The first-order chi connectivity index (χ1) is 14.6. The van der Waals surface area contributed by atoms with Crippen LogP contribution in [0.25, 0.3) is 0 Å². The Hall–Kier alpha value is -3.68. The van der Waals surface area contributed by atoms with Crippen molar-refractivity contribution in [2.45, 2.75) is 38.8 Å². The van der Waals surface area contributed by atoms with Crippen LogP contribution in [-0.4, -0.2) is 26.2 Å². The van der Waals surface area contributed by atoms with E-state index in [1.54, 1.807) is 53.1 Å². The Labute approximate surface area is 173 Å². The lowest BCUT2D eigenvalue weighted by Crippen LogP contribution is -2.30. The van der Waals surface area contributed by atoms with E-state index in [2.05, 4.69) is 15.7 Å². The van der Waals surface area contributed by atoms with Crippen LogP contribution in [0.5, 0.6) is 0 Å². The summed E-state index contributed by atoms with van der Waals surface area (Å²) in [4.78, 5) is 37.6. The Bertz CT molecular complexity index is 1120. The molecule has 2 N–H and O–H groups in total. The Morgan fingerprint density at radius 2 is 1.60 bits per heavy atom. The maximum absolute atomic E-state index is 12.6. The average molecular weight is 405 g/mol. The molecule has 8 nitrogen and oxygen atoms in total. The molecule has 4 rings (SSSR count). The fourth-order valence-electron chi connectivity index (χ4n) is 3.54. The highest BCUT2D eigenvalue weighted by molar-refractivity contribution is 6.07. The van der Waals surface area contributed by atoms with Crippen molar-refractivity contribution >= 4 is 23.2 Å². The summed E-state index contributed by atoms with van der Waals surface area (Å²) < 4.78 is 2.87. The molecule has 30 heavy (non-hydrogen) atoms. The maximum Gasteiger partial charge on any atom is 0.346 e. The number of rotatable bonds is 5. The second kappa shape index (κ2) is 8.77. The van der Waals surface area contributed by atoms with Gasteiger partial charge < -0.3 is 10.6 Å². The zero-order valence-corrected chi connectivity index (χ0v) is 16.5. The number of nitrogens with zero attached hydrogens (tertiary/aromatic N) is 3. The highest BCUT2D eigenvalue weighted by Gasteiger charge is 2.18. The number of carbonyl (C=O) groups is 2. The molecule has 0 saturated carbocycles. The molecule has 1 aliphatic rings. The summed E-state index contributed by atoms with van der Waals surface area (Å²) >= 11 is 0. The summed E-state index contributed by atoms with van der Waals surface area (Å²) in [5.74, 6) is 0.0824. The lowest BCUT2D eigenvalue weighted by atomic mass is 10.2. The first-order valence-corrected chi connectivity index (χ1v) is 10.0. The fraction of sp³-hybridized carbons (Fsp3) is 0.273. The van der Waals surface area contributed by atoms with E-state index in [9.17, 15) is 14.4 Å². The largest absolute Gasteiger partial charge is 0.346 e. The van der Waals surface area contributed by atoms with Crippen molar-refractivity contribution in [3.8, 4) is 0 Å². The van der Waals surface area contributed by atoms with Gasteiger partial charge in [0.25, 0.3) is 5.91 Å². The van der Waals surface area contributed by atoms with E-state index in [4.69, 9.17) is 0 Å². The van der Waals surface area contributed by atoms with E-state index >= 15 is 0 Å². The minimum Gasteiger partial charge on any atom is -0.323 e. The van der Waals surface area contributed by atoms with Crippen molar-refractivity contribution in [2.24, 2.45) is 0 Å². The van der Waals surface area contributed by atoms with Gasteiger partial charge in [-0.05, 0) is 37.1 Å². The molecule has 0 radical (unpaired) electrons. The molecule has 2 heterocycles. The monoisotopic (exact) mass is 405 g/mol. The van der Waals surface area contributed by atoms with Gasteiger partial charge in [0, 0.05) is 18.5 Å². The molecule has 8 heteroatoms. The van der Waals surface area contributed by atoms with Gasteiger partial charge in [-0.3, -0.25) is 14.2 Å². The molecule has 154 valence electrons. The molecule has 0 aliphatic carbocycles. The smallest absolute Gasteiger partial charge is 0.323 e. The summed E-state index contributed by atoms with van der Waals surface area (Å²) in [6, 6.07) is 15.8. The Kier molecular flexibility index (Phi) is 5.74. The van der Waals surface area contributed by atoms with Crippen LogP contribution in [0.3, 0.4) is 0 Å². The highest BCUT2D eigenvalue weighted by atomic mass is 16.2. The van der Waals surface area contributed by atoms with Crippen molar-refractivity contribution in [1.29, 1.82) is 0 Å². The number of nitrogens with one attached hydrogen (secondary N) is 2. The number of aryl methyl sites for hydroxylation is 1. The second-order valence-corrected chi connectivity index (χ2v) is 7.23. The van der Waals surface area contributed by atoms with Crippen LogP contribution in [0.2, 0.25) is 0 Å². The number of anilines is 2. The third-order valence-electron chi connectivity index (χ3n) is 5.06. The molecule has 0 bridgehead atoms. The number of para-hydroxylation sites is 2. The normalized spacial score (nSPS) is 13.2. The zero-order chi connectivity index (χ0) is 20.9. The van der Waals surface area contributed by atoms with E-state index < -0.39 is 0 Å². The van der Waals surface area contributed by atoms with E-state index in [0.29, 0.717) is 23.5 Å². The lowest BCUT2D eigenvalue weighted by Gasteiger charge is -2.12. The minimum absolute atomic E-state index is 0.181. The molecule has 2 aromatic carbocycles. The molecule has 0 fully saturated rings. The molecule has 2 amide bonds. The van der Waals surface area contributed by atoms with Gasteiger partial charge in [0.15, 0.2) is 0 Å². The quantitative estimate of drug-likeness (QED) is 0.682. The Morgan fingerprint density at radius 3 is 2.37 bits per heavy atom. The van der Waals surface area contributed by atoms with Gasteiger partial charge in [-0.15, -0.1) is 0 Å². The van der Waals surface area contributed by atoms with Gasteiger partial charge in [-0.25, -0.2) is 9.48 Å². The number of hydrogen-bond donors (Lipinski definition) is 2. The van der Waals surface area contributed by atoms with Crippen LogP contribution in [0.15, 0.2) is 59.4 Å². The van der Waals surface area contributed by atoms with E-state index in [1.807, 2.05) is 6.07 Å². The van der Waals surface area contributed by atoms with Crippen LogP contribution in [0.1, 0.15) is 35.4 Å². The Morgan fingerprint density at radius 1 is 0.900 bits per heavy atom. The van der Waals surface area contributed by atoms with Gasteiger partial charge in [0.05, 0.1) is 11.4 Å². The van der Waals surface area contributed by atoms with Gasteiger partial charge in [-0.2, -0.15) is 5.10 Å². The van der Waals surface area contributed by atoms with Crippen LogP contribution >= 0.6 is 0 Å². The number of hydrogen-bond acceptors (Lipinski definition) is 4. The van der Waals surface area contributed by atoms with Crippen molar-refractivity contribution in [2.75, 3.05) is 10.6 Å². The number of fused-ring (bicyclic) bond motifs is 1. The van der Waals surface area contributed by atoms with Crippen LogP contribution in [0, 0.1) is 0 Å². The molecule has 1 aliphatic heterocycles. The van der Waals surface area contributed by atoms with Gasteiger partial charge in [0.1, 0.15) is 12.4 Å². The number of benzene rings is 2. The first-order valence-electron chi connectivity index (χ1n) is 10.0. The molecular formula is C22H23N5O3. The van der Waals surface area contributed by atoms with Gasteiger partial charge in [-0.1, -0.05) is 36.8 Å². The fourth-order valence-corrected chi connectivity index (χ4v) is 3.54. The minimum atomic E-state index is -0.383. The van der Waals surface area contributed by atoms with Crippen molar-refractivity contribution < 1.29 is 9.59 Å². The summed E-state index contributed by atoms with van der Waals surface area (Å²) in [6.45, 7) is 0.462. The topological polar surface area (TPSA) is 98.0 Å². The number of carbonyl (C=O) groups excluding carboxylic acids is 2. The van der Waals surface area contributed by atoms with Crippen molar-refractivity contribution in [3.05, 3.63) is 76.5 Å². The van der Waals surface area contributed by atoms with Crippen LogP contribution < -0.4 is 16.3 Å². The molecule has 1 aromatic heterocycles. The average Bonchev–Trinajstić information content (AvgIpc) is 2.92. The van der Waals surface area contributed by atoms with Gasteiger partial charge in [0.2, 0.25) is 5.91 Å².